The number of hydrogen-bond donors (Lipinski definition) is 2. The molecule has 4 amide bonds. The Labute approximate surface area is 272 Å². The molecule has 3 fully saturated rings. The first-order chi connectivity index (χ1) is 21.7. The van der Waals surface area contributed by atoms with E-state index in [1.165, 1.54) is 37.7 Å². The Morgan fingerprint density at radius 3 is 2.38 bits per heavy atom. The fourth-order valence-electron chi connectivity index (χ4n) is 8.46. The van der Waals surface area contributed by atoms with Crippen molar-refractivity contribution in [3.05, 3.63) is 70.2 Å². The molecule has 0 radical (unpaired) electrons. The van der Waals surface area contributed by atoms with Crippen LogP contribution in [-0.2, 0) is 22.4 Å². The average molecular weight is 634 g/mol. The van der Waals surface area contributed by atoms with E-state index in [0.29, 0.717) is 36.9 Å². The minimum atomic E-state index is -0.695. The van der Waals surface area contributed by atoms with Crippen molar-refractivity contribution in [1.29, 1.82) is 0 Å². The number of hydrogen-bond acceptors (Lipinski definition) is 4. The second-order valence-corrected chi connectivity index (χ2v) is 14.3. The summed E-state index contributed by atoms with van der Waals surface area (Å²) in [6.45, 7) is 3.59. The fraction of sp³-hybridized carbons (Fsp3) is 0.583. The molecule has 242 valence electrons. The van der Waals surface area contributed by atoms with Gasteiger partial charge >= 0.3 is 6.03 Å². The maximum absolute atomic E-state index is 14.3. The molecule has 2 aromatic carbocycles. The molecule has 2 aromatic rings. The molecule has 3 atom stereocenters. The number of nitrogens with two attached hydrogens (primary N) is 1. The lowest BCUT2D eigenvalue weighted by Gasteiger charge is -2.50. The van der Waals surface area contributed by atoms with E-state index in [9.17, 15) is 14.4 Å². The van der Waals surface area contributed by atoms with Gasteiger partial charge in [0.05, 0.1) is 5.92 Å². The first-order valence-electron chi connectivity index (χ1n) is 16.9. The lowest BCUT2D eigenvalue weighted by atomic mass is 9.63. The number of piperidine rings is 1. The highest BCUT2D eigenvalue weighted by atomic mass is 35.5. The lowest BCUT2D eigenvalue weighted by molar-refractivity contribution is -0.140. The van der Waals surface area contributed by atoms with Crippen LogP contribution in [0.5, 0.6) is 0 Å². The van der Waals surface area contributed by atoms with E-state index in [2.05, 4.69) is 11.4 Å². The van der Waals surface area contributed by atoms with Gasteiger partial charge in [-0.25, -0.2) is 4.79 Å². The molecule has 0 bridgehead atoms. The number of nitrogens with zero attached hydrogens (tertiary/aromatic N) is 3. The maximum Gasteiger partial charge on any atom is 0.319 e. The zero-order valence-electron chi connectivity index (χ0n) is 26.6. The number of amides is 4. The Kier molecular flexibility index (Phi) is 9.71. The largest absolute Gasteiger partial charge is 0.344 e. The van der Waals surface area contributed by atoms with E-state index in [-0.39, 0.29) is 23.3 Å². The topological polar surface area (TPSA) is 99.0 Å². The van der Waals surface area contributed by atoms with E-state index in [0.717, 1.165) is 50.0 Å². The second kappa shape index (κ2) is 13.7. The van der Waals surface area contributed by atoms with E-state index in [4.69, 9.17) is 17.3 Å². The van der Waals surface area contributed by atoms with Crippen molar-refractivity contribution >= 4 is 29.4 Å². The third-order valence-corrected chi connectivity index (χ3v) is 11.5. The summed E-state index contributed by atoms with van der Waals surface area (Å²) in [5.74, 6) is -0.0221. The molecule has 3 N–H and O–H groups in total. The Morgan fingerprint density at radius 2 is 1.69 bits per heavy atom. The smallest absolute Gasteiger partial charge is 0.319 e. The average Bonchev–Trinajstić information content (AvgIpc) is 3.38. The Hall–Kier alpha value is -3.10. The molecule has 45 heavy (non-hydrogen) atoms. The van der Waals surface area contributed by atoms with E-state index >= 15 is 0 Å². The normalized spacial score (nSPS) is 24.3. The number of likely N-dealkylation sites (tertiary alicyclic amines) is 1. The van der Waals surface area contributed by atoms with Crippen LogP contribution in [-0.4, -0.2) is 78.4 Å². The van der Waals surface area contributed by atoms with Crippen LogP contribution >= 0.6 is 11.6 Å². The van der Waals surface area contributed by atoms with Crippen molar-refractivity contribution in [2.45, 2.75) is 76.3 Å². The summed E-state index contributed by atoms with van der Waals surface area (Å²) in [5.41, 5.74) is 9.82. The van der Waals surface area contributed by atoms with Crippen LogP contribution in [0.3, 0.4) is 0 Å². The first-order valence-corrected chi connectivity index (χ1v) is 17.3. The minimum absolute atomic E-state index is 0.0230. The highest BCUT2D eigenvalue weighted by Crippen LogP contribution is 2.47. The van der Waals surface area contributed by atoms with Crippen LogP contribution in [0.25, 0.3) is 0 Å². The van der Waals surface area contributed by atoms with Crippen molar-refractivity contribution in [3.8, 4) is 0 Å². The Balaban J connectivity index is 1.18. The number of carbonyl (C=O) groups excluding carboxylic acids is 3. The Morgan fingerprint density at radius 1 is 0.978 bits per heavy atom. The van der Waals surface area contributed by atoms with Gasteiger partial charge in [0.25, 0.3) is 0 Å². The van der Waals surface area contributed by atoms with Gasteiger partial charge in [-0.3, -0.25) is 9.59 Å². The predicted molar refractivity (Wildman–Crippen MR) is 177 cm³/mol. The fourth-order valence-corrected chi connectivity index (χ4v) is 8.58. The van der Waals surface area contributed by atoms with Crippen LogP contribution in [0, 0.1) is 17.3 Å². The molecule has 2 heterocycles. The van der Waals surface area contributed by atoms with Crippen molar-refractivity contribution in [1.82, 2.24) is 20.0 Å². The van der Waals surface area contributed by atoms with Crippen molar-refractivity contribution in [2.75, 3.05) is 39.8 Å². The molecule has 1 unspecified atom stereocenters. The van der Waals surface area contributed by atoms with Gasteiger partial charge in [-0.2, -0.15) is 0 Å². The molecule has 4 aliphatic rings. The number of rotatable bonds is 8. The van der Waals surface area contributed by atoms with Crippen LogP contribution in [0.2, 0.25) is 5.02 Å². The number of aryl methyl sites for hydroxylation is 1. The second-order valence-electron chi connectivity index (χ2n) is 13.9. The highest BCUT2D eigenvalue weighted by Gasteiger charge is 2.46. The molecule has 1 saturated carbocycles. The summed E-state index contributed by atoms with van der Waals surface area (Å²) >= 11 is 6.16. The summed E-state index contributed by atoms with van der Waals surface area (Å²) in [4.78, 5) is 46.8. The number of halogens is 1. The molecule has 9 heteroatoms. The Bertz CT molecular complexity index is 1370. The molecule has 2 saturated heterocycles. The highest BCUT2D eigenvalue weighted by molar-refractivity contribution is 6.30. The summed E-state index contributed by atoms with van der Waals surface area (Å²) < 4.78 is 0. The standard InChI is InChI=1S/C36H48ClN5O3/c1-40-21-22-42(35(40)45)24-36(27-8-3-2-4-9-27)17-19-41(20-18-36)34(44)31(23-25-11-14-28(37)15-12-25)39-33(43)30-16-13-26-7-5-6-10-29(26)32(30)38/h5-7,10-12,14-15,27,30-32H,2-4,8-9,13,16-24,38H2,1H3,(H,39,43)/t30?,31-,32+/m1/s1. The van der Waals surface area contributed by atoms with E-state index in [1.54, 1.807) is 0 Å². The number of fused-ring (bicyclic) bond motifs is 1. The van der Waals surface area contributed by atoms with Gasteiger partial charge in [0, 0.05) is 57.3 Å². The van der Waals surface area contributed by atoms with Crippen LogP contribution in [0.1, 0.15) is 74.1 Å². The molecule has 0 spiro atoms. The van der Waals surface area contributed by atoms with Gasteiger partial charge in [-0.15, -0.1) is 0 Å². The van der Waals surface area contributed by atoms with Gasteiger partial charge in [-0.05, 0) is 78.7 Å². The number of benzene rings is 2. The molecular formula is C36H48ClN5O3. The quantitative estimate of drug-likeness (QED) is 0.418. The molecule has 8 nitrogen and oxygen atoms in total. The summed E-state index contributed by atoms with van der Waals surface area (Å²) in [6.07, 6.45) is 9.76. The summed E-state index contributed by atoms with van der Waals surface area (Å²) in [6, 6.07) is 14.6. The van der Waals surface area contributed by atoms with E-state index < -0.39 is 18.0 Å². The zero-order valence-corrected chi connectivity index (χ0v) is 27.3. The van der Waals surface area contributed by atoms with Crippen LogP contribution in [0.4, 0.5) is 4.79 Å². The zero-order chi connectivity index (χ0) is 31.6. The number of nitrogens with one attached hydrogen (secondary N) is 1. The summed E-state index contributed by atoms with van der Waals surface area (Å²) in [7, 11) is 1.88. The van der Waals surface area contributed by atoms with Crippen molar-refractivity contribution in [3.63, 3.8) is 0 Å². The van der Waals surface area contributed by atoms with E-state index in [1.807, 2.05) is 64.2 Å². The number of urea groups is 1. The third kappa shape index (κ3) is 6.87. The van der Waals surface area contributed by atoms with Crippen molar-refractivity contribution < 1.29 is 14.4 Å². The van der Waals surface area contributed by atoms with Gasteiger partial charge in [0.2, 0.25) is 11.8 Å². The maximum atomic E-state index is 14.3. The monoisotopic (exact) mass is 633 g/mol. The summed E-state index contributed by atoms with van der Waals surface area (Å²) in [5, 5.41) is 3.79. The van der Waals surface area contributed by atoms with Gasteiger partial charge in [-0.1, -0.05) is 67.3 Å². The van der Waals surface area contributed by atoms with Crippen molar-refractivity contribution in [2.24, 2.45) is 23.0 Å². The molecule has 0 aromatic heterocycles. The molecule has 2 aliphatic heterocycles. The van der Waals surface area contributed by atoms with Crippen LogP contribution < -0.4 is 11.1 Å². The lowest BCUT2D eigenvalue weighted by Crippen LogP contribution is -2.57. The van der Waals surface area contributed by atoms with Gasteiger partial charge in [0.15, 0.2) is 0 Å². The molecule has 6 rings (SSSR count). The van der Waals surface area contributed by atoms with Gasteiger partial charge < -0.3 is 25.8 Å². The number of likely N-dealkylation sites (N-methyl/N-ethyl adjacent to an activating group) is 1. The molecule has 2 aliphatic carbocycles. The van der Waals surface area contributed by atoms with Crippen LogP contribution in [0.15, 0.2) is 48.5 Å². The number of carbonyl (C=O) groups is 3. The third-order valence-electron chi connectivity index (χ3n) is 11.2. The first kappa shape index (κ1) is 31.9. The minimum Gasteiger partial charge on any atom is -0.344 e. The SMILES string of the molecule is CN1CCN(CC2(C3CCCCC3)CCN(C(=O)[C@@H](Cc3ccc(Cl)cc3)NC(=O)C3CCc4ccccc4[C@@H]3N)CC2)C1=O. The molecular weight excluding hydrogens is 586 g/mol. The predicted octanol–water partition coefficient (Wildman–Crippen LogP) is 5.19. The van der Waals surface area contributed by atoms with Gasteiger partial charge in [0.1, 0.15) is 6.04 Å².